The Bertz CT molecular complexity index is 1320. The summed E-state index contributed by atoms with van der Waals surface area (Å²) in [5.41, 5.74) is 3.06. The molecule has 0 aliphatic rings. The van der Waals surface area contributed by atoms with Crippen LogP contribution in [0.4, 0.5) is 5.95 Å². The van der Waals surface area contributed by atoms with E-state index in [0.717, 1.165) is 7.11 Å². The molecule has 0 aliphatic heterocycles. The molecule has 0 aromatic carbocycles. The van der Waals surface area contributed by atoms with Crippen molar-refractivity contribution in [1.29, 1.82) is 0 Å². The minimum atomic E-state index is -5.84. The minimum Gasteiger partial charge on any atom is -0.388 e. The van der Waals surface area contributed by atoms with Gasteiger partial charge >= 0.3 is 23.3 Å². The highest BCUT2D eigenvalue weighted by Crippen LogP contribution is 2.69. The van der Waals surface area contributed by atoms with Gasteiger partial charge in [-0.2, -0.15) is 13.6 Å². The summed E-state index contributed by atoms with van der Waals surface area (Å²) in [5.74, 6) is -0.218. The molecule has 2 heterocycles. The van der Waals surface area contributed by atoms with Gasteiger partial charge in [-0.3, -0.25) is 14.3 Å². The summed E-state index contributed by atoms with van der Waals surface area (Å²) in [6, 6.07) is -0.924. The molecule has 0 saturated heterocycles. The molecular weight excluding hydrogens is 555 g/mol. The number of nitrogens with zero attached hydrogens (tertiary/aromatic N) is 5. The van der Waals surface area contributed by atoms with Gasteiger partial charge in [-0.1, -0.05) is 6.92 Å². The van der Waals surface area contributed by atoms with Crippen molar-refractivity contribution >= 4 is 40.4 Å². The quantitative estimate of drug-likeness (QED) is 0.156. The highest BCUT2D eigenvalue weighted by Gasteiger charge is 2.46. The van der Waals surface area contributed by atoms with Crippen LogP contribution in [0.1, 0.15) is 26.3 Å². The van der Waals surface area contributed by atoms with Crippen LogP contribution in [-0.4, -0.2) is 59.8 Å². The number of aromatic nitrogens is 4. The molecule has 2 rings (SSSR count). The van der Waals surface area contributed by atoms with Gasteiger partial charge in [-0.15, -0.1) is 9.81 Å². The maximum atomic E-state index is 12.2. The number of nitroso groups, excluding NO2 is 2. The predicted octanol–water partition coefficient (Wildman–Crippen LogP) is 1.31. The number of phosphoric acid groups is 2. The first-order valence-electron chi connectivity index (χ1n) is 9.54. The average molecular weight is 577 g/mol. The van der Waals surface area contributed by atoms with Crippen molar-refractivity contribution in [2.45, 2.75) is 38.0 Å². The fraction of sp³-hybridized carbons (Fsp3) is 0.615. The zero-order chi connectivity index (χ0) is 27.5. The molecule has 0 radical (unpaired) electrons. The molecule has 5 atom stereocenters. The van der Waals surface area contributed by atoms with E-state index in [-0.39, 0.29) is 23.5 Å². The maximum absolute atomic E-state index is 12.2. The van der Waals surface area contributed by atoms with Gasteiger partial charge in [0.2, 0.25) is 5.95 Å². The van der Waals surface area contributed by atoms with Gasteiger partial charge in [0.1, 0.15) is 11.7 Å². The third-order valence-corrected chi connectivity index (χ3v) is 9.01. The lowest BCUT2D eigenvalue weighted by atomic mass is 9.92. The van der Waals surface area contributed by atoms with Crippen molar-refractivity contribution < 1.29 is 46.5 Å². The Morgan fingerprint density at radius 2 is 1.83 bits per heavy atom. The van der Waals surface area contributed by atoms with E-state index in [9.17, 15) is 43.2 Å². The van der Waals surface area contributed by atoms with E-state index >= 15 is 0 Å². The Kier molecular flexibility index (Phi) is 9.18. The molecular formula is C13H22N7O13P3. The van der Waals surface area contributed by atoms with Crippen molar-refractivity contribution in [2.75, 3.05) is 19.5 Å². The molecule has 0 saturated carbocycles. The first-order valence-corrected chi connectivity index (χ1v) is 14.1. The number of aliphatic hydroxyl groups excluding tert-OH is 1. The van der Waals surface area contributed by atoms with Crippen molar-refractivity contribution in [2.24, 2.45) is 9.89 Å². The zero-order valence-corrected chi connectivity index (χ0v) is 21.4. The van der Waals surface area contributed by atoms with Crippen LogP contribution in [0.3, 0.4) is 0 Å². The Hall–Kier alpha value is -2.24. The van der Waals surface area contributed by atoms with Crippen molar-refractivity contribution in [3.8, 4) is 0 Å². The summed E-state index contributed by atoms with van der Waals surface area (Å²) >= 11 is 0. The van der Waals surface area contributed by atoms with Crippen LogP contribution >= 0.6 is 23.3 Å². The number of nitrogens with one attached hydrogen (secondary N) is 1. The van der Waals surface area contributed by atoms with Gasteiger partial charge < -0.3 is 29.9 Å². The van der Waals surface area contributed by atoms with Crippen LogP contribution in [0.2, 0.25) is 0 Å². The third-order valence-electron chi connectivity index (χ3n) is 4.82. The number of nitrogen functional groups attached to an aromatic ring is 1. The number of anilines is 1. The van der Waals surface area contributed by atoms with Gasteiger partial charge in [0, 0.05) is 17.0 Å². The van der Waals surface area contributed by atoms with Gasteiger partial charge in [0.25, 0.3) is 5.56 Å². The zero-order valence-electron chi connectivity index (χ0n) is 18.7. The van der Waals surface area contributed by atoms with Crippen LogP contribution in [0, 0.1) is 9.81 Å². The molecule has 20 nitrogen and oxygen atoms in total. The Morgan fingerprint density at radius 3 is 2.36 bits per heavy atom. The SMILES string of the molecule is CCC([C@H](O)[C@@](C)(COP(=O)(O)OP(=O)(O)OP(=O)(N=O)N=O)OC)n1cnc2c(=O)[nH]c(N)nc21. The molecule has 23 heteroatoms. The van der Waals surface area contributed by atoms with Crippen LogP contribution in [0.25, 0.3) is 11.2 Å². The third kappa shape index (κ3) is 6.74. The largest absolute Gasteiger partial charge is 0.513 e. The number of imidazole rings is 1. The van der Waals surface area contributed by atoms with Crippen LogP contribution in [-0.2, 0) is 31.6 Å². The lowest BCUT2D eigenvalue weighted by Crippen LogP contribution is -2.49. The summed E-state index contributed by atoms with van der Waals surface area (Å²) in [7, 11) is -15.7. The smallest absolute Gasteiger partial charge is 0.388 e. The van der Waals surface area contributed by atoms with E-state index in [0.29, 0.717) is 0 Å². The Balaban J connectivity index is 2.27. The molecule has 36 heavy (non-hydrogen) atoms. The molecule has 0 spiro atoms. The standard InChI is InChI=1S/C13H22N7O13P3/c1-4-7(20-6-15-8-10(20)16-12(14)17-11(8)22)9(21)13(2,30-3)5-31-35(26,27)33-36(28,29)32-34(25,18-23)19-24/h6-7,9,21H,4-5H2,1-3H3,(H,26,27)(H,28,29)(H3,14,16,17,22)/t7?,9-,13+/m0/s1. The summed E-state index contributed by atoms with van der Waals surface area (Å²) in [4.78, 5) is 65.4. The van der Waals surface area contributed by atoms with Crippen molar-refractivity contribution in [3.05, 3.63) is 26.5 Å². The number of H-pyrrole nitrogens is 1. The number of aliphatic hydroxyl groups is 1. The highest BCUT2D eigenvalue weighted by atomic mass is 31.3. The van der Waals surface area contributed by atoms with Crippen LogP contribution in [0.15, 0.2) is 21.0 Å². The van der Waals surface area contributed by atoms with E-state index in [1.807, 2.05) is 0 Å². The number of methoxy groups -OCH3 is 1. The molecule has 0 fully saturated rings. The second-order valence-corrected chi connectivity index (χ2v) is 12.0. The molecule has 3 unspecified atom stereocenters. The average Bonchev–Trinajstić information content (AvgIpc) is 3.20. The second kappa shape index (κ2) is 11.0. The van der Waals surface area contributed by atoms with Gasteiger partial charge in [-0.05, 0) is 13.3 Å². The van der Waals surface area contributed by atoms with Crippen molar-refractivity contribution in [1.82, 2.24) is 19.5 Å². The molecule has 0 amide bonds. The van der Waals surface area contributed by atoms with Crippen LogP contribution < -0.4 is 11.3 Å². The molecule has 0 bridgehead atoms. The maximum Gasteiger partial charge on any atom is 0.513 e. The van der Waals surface area contributed by atoms with Crippen molar-refractivity contribution in [3.63, 3.8) is 0 Å². The predicted molar refractivity (Wildman–Crippen MR) is 120 cm³/mol. The van der Waals surface area contributed by atoms with E-state index in [1.165, 1.54) is 17.8 Å². The monoisotopic (exact) mass is 577 g/mol. The Morgan fingerprint density at radius 1 is 1.22 bits per heavy atom. The fourth-order valence-electron chi connectivity index (χ4n) is 2.99. The lowest BCUT2D eigenvalue weighted by molar-refractivity contribution is -0.131. The number of rotatable bonds is 14. The Labute approximate surface area is 200 Å². The summed E-state index contributed by atoms with van der Waals surface area (Å²) in [6.45, 7) is 1.92. The second-order valence-electron chi connectivity index (χ2n) is 7.24. The number of nitrogens with two attached hydrogens (primary N) is 1. The first kappa shape index (κ1) is 30.0. The summed E-state index contributed by atoms with van der Waals surface area (Å²) in [6.07, 6.45) is -0.178. The number of fused-ring (bicyclic) bond motifs is 1. The van der Waals surface area contributed by atoms with Gasteiger partial charge in [-0.25, -0.2) is 18.7 Å². The molecule has 2 aromatic heterocycles. The topological polar surface area (TPSA) is 297 Å². The number of ether oxygens (including phenoxy) is 1. The number of phosphoric ester groups is 1. The van der Waals surface area contributed by atoms with E-state index < -0.39 is 53.2 Å². The molecule has 0 aliphatic carbocycles. The summed E-state index contributed by atoms with van der Waals surface area (Å²) < 4.78 is 54.1. The van der Waals surface area contributed by atoms with Gasteiger partial charge in [0.15, 0.2) is 11.2 Å². The number of hydrogen-bond acceptors (Lipinski definition) is 14. The van der Waals surface area contributed by atoms with Gasteiger partial charge in [0.05, 0.1) is 19.0 Å². The normalized spacial score (nSPS) is 19.1. The molecule has 202 valence electrons. The lowest BCUT2D eigenvalue weighted by Gasteiger charge is -2.37. The highest BCUT2D eigenvalue weighted by molar-refractivity contribution is 7.69. The molecule has 6 N–H and O–H groups in total. The molecule has 2 aromatic rings. The summed E-state index contributed by atoms with van der Waals surface area (Å²) in [5, 5.41) is 11.1. The van der Waals surface area contributed by atoms with Crippen LogP contribution in [0.5, 0.6) is 0 Å². The van der Waals surface area contributed by atoms with E-state index in [2.05, 4.69) is 28.1 Å². The minimum absolute atomic E-state index is 0.0213. The number of hydrogen-bond donors (Lipinski definition) is 5. The number of aromatic amines is 1. The van der Waals surface area contributed by atoms with E-state index in [1.54, 1.807) is 16.8 Å². The fourth-order valence-corrected chi connectivity index (χ4v) is 6.37. The van der Waals surface area contributed by atoms with E-state index in [4.69, 9.17) is 10.5 Å². The first-order chi connectivity index (χ1) is 16.6.